The lowest BCUT2D eigenvalue weighted by molar-refractivity contribution is 1.10. The van der Waals surface area contributed by atoms with Crippen LogP contribution in [0.2, 0.25) is 0 Å². The van der Waals surface area contributed by atoms with Crippen LogP contribution in [0.25, 0.3) is 16.2 Å². The lowest BCUT2D eigenvalue weighted by Gasteiger charge is -2.00. The zero-order valence-electron chi connectivity index (χ0n) is 9.14. The Morgan fingerprint density at radius 3 is 2.76 bits per heavy atom. The minimum atomic E-state index is 0.701. The van der Waals surface area contributed by atoms with Gasteiger partial charge in [0.05, 0.1) is 8.66 Å². The molecule has 0 aromatic carbocycles. The van der Waals surface area contributed by atoms with Gasteiger partial charge in [0.2, 0.25) is 0 Å². The quantitative estimate of drug-likeness (QED) is 0.744. The molecule has 0 saturated heterocycles. The van der Waals surface area contributed by atoms with Gasteiger partial charge in [-0.05, 0) is 47.1 Å². The number of hydrogen-bond donors (Lipinski definition) is 1. The molecule has 0 spiro atoms. The van der Waals surface area contributed by atoms with Gasteiger partial charge in [-0.15, -0.1) is 11.3 Å². The van der Waals surface area contributed by atoms with Crippen molar-refractivity contribution in [2.75, 3.05) is 5.73 Å². The smallest absolute Gasteiger partial charge is 0.139 e. The Kier molecular flexibility index (Phi) is 2.45. The molecule has 3 aromatic heterocycles. The summed E-state index contributed by atoms with van der Waals surface area (Å²) in [5.74, 6) is 0.701. The van der Waals surface area contributed by atoms with Gasteiger partial charge in [-0.3, -0.25) is 4.40 Å². The highest BCUT2D eigenvalue weighted by Crippen LogP contribution is 2.34. The van der Waals surface area contributed by atoms with E-state index in [2.05, 4.69) is 20.9 Å². The van der Waals surface area contributed by atoms with Gasteiger partial charge in [0.15, 0.2) is 0 Å². The molecule has 0 atom stereocenters. The SMILES string of the molecule is Cc1cccc2nc(-c3ccc(Br)s3)c(N)n12. The second kappa shape index (κ2) is 3.85. The van der Waals surface area contributed by atoms with Gasteiger partial charge in [0.1, 0.15) is 17.2 Å². The number of aromatic nitrogens is 2. The van der Waals surface area contributed by atoms with Crippen LogP contribution in [0.4, 0.5) is 5.82 Å². The van der Waals surface area contributed by atoms with Gasteiger partial charge in [0, 0.05) is 5.69 Å². The molecule has 3 aromatic rings. The van der Waals surface area contributed by atoms with Crippen molar-refractivity contribution >= 4 is 38.7 Å². The largest absolute Gasteiger partial charge is 0.383 e. The predicted molar refractivity (Wildman–Crippen MR) is 75.4 cm³/mol. The van der Waals surface area contributed by atoms with Crippen molar-refractivity contribution in [3.8, 4) is 10.6 Å². The normalized spacial score (nSPS) is 11.2. The fraction of sp³-hybridized carbons (Fsp3) is 0.0833. The van der Waals surface area contributed by atoms with E-state index >= 15 is 0 Å². The zero-order valence-corrected chi connectivity index (χ0v) is 11.5. The topological polar surface area (TPSA) is 43.3 Å². The molecule has 0 saturated carbocycles. The molecule has 0 amide bonds. The maximum Gasteiger partial charge on any atom is 0.139 e. The third-order valence-electron chi connectivity index (χ3n) is 2.68. The van der Waals surface area contributed by atoms with Crippen molar-refractivity contribution < 1.29 is 0 Å². The second-order valence-electron chi connectivity index (χ2n) is 3.81. The van der Waals surface area contributed by atoms with E-state index in [1.807, 2.05) is 41.7 Å². The molecule has 2 N–H and O–H groups in total. The molecule has 0 unspecified atom stereocenters. The number of aryl methyl sites for hydroxylation is 1. The molecule has 0 aliphatic carbocycles. The lowest BCUT2D eigenvalue weighted by Crippen LogP contribution is -1.96. The number of nitrogens with zero attached hydrogens (tertiary/aromatic N) is 2. The molecule has 3 nitrogen and oxygen atoms in total. The highest BCUT2D eigenvalue weighted by Gasteiger charge is 2.13. The van der Waals surface area contributed by atoms with Crippen LogP contribution in [-0.2, 0) is 0 Å². The number of pyridine rings is 1. The molecule has 0 radical (unpaired) electrons. The molecule has 0 fully saturated rings. The minimum Gasteiger partial charge on any atom is -0.383 e. The van der Waals surface area contributed by atoms with Crippen molar-refractivity contribution in [2.45, 2.75) is 6.92 Å². The Morgan fingerprint density at radius 2 is 2.12 bits per heavy atom. The van der Waals surface area contributed by atoms with E-state index in [0.717, 1.165) is 25.7 Å². The van der Waals surface area contributed by atoms with Gasteiger partial charge in [0.25, 0.3) is 0 Å². The molecular formula is C12H10BrN3S. The Balaban J connectivity index is 2.32. The molecule has 17 heavy (non-hydrogen) atoms. The number of nitrogen functional groups attached to an aromatic ring is 1. The van der Waals surface area contributed by atoms with Crippen molar-refractivity contribution in [3.63, 3.8) is 0 Å². The summed E-state index contributed by atoms with van der Waals surface area (Å²) in [6, 6.07) is 10.0. The third kappa shape index (κ3) is 1.66. The number of rotatable bonds is 1. The molecule has 0 bridgehead atoms. The zero-order chi connectivity index (χ0) is 12.0. The van der Waals surface area contributed by atoms with Gasteiger partial charge in [-0.25, -0.2) is 4.98 Å². The fourth-order valence-electron chi connectivity index (χ4n) is 1.90. The summed E-state index contributed by atoms with van der Waals surface area (Å²) in [6.07, 6.45) is 0. The van der Waals surface area contributed by atoms with Crippen molar-refractivity contribution in [1.82, 2.24) is 9.38 Å². The highest BCUT2D eigenvalue weighted by atomic mass is 79.9. The summed E-state index contributed by atoms with van der Waals surface area (Å²) in [5.41, 5.74) is 9.01. The fourth-order valence-corrected chi connectivity index (χ4v) is 3.29. The van der Waals surface area contributed by atoms with Crippen molar-refractivity contribution in [3.05, 3.63) is 39.8 Å². The van der Waals surface area contributed by atoms with Crippen LogP contribution in [0.5, 0.6) is 0 Å². The average Bonchev–Trinajstić information content (AvgIpc) is 2.84. The number of anilines is 1. The first-order chi connectivity index (χ1) is 8.16. The third-order valence-corrected chi connectivity index (χ3v) is 4.31. The molecule has 0 aliphatic heterocycles. The first-order valence-corrected chi connectivity index (χ1v) is 6.77. The van der Waals surface area contributed by atoms with Gasteiger partial charge >= 0.3 is 0 Å². The number of fused-ring (bicyclic) bond motifs is 1. The summed E-state index contributed by atoms with van der Waals surface area (Å²) < 4.78 is 3.06. The van der Waals surface area contributed by atoms with E-state index in [4.69, 9.17) is 5.73 Å². The van der Waals surface area contributed by atoms with Gasteiger partial charge in [-0.1, -0.05) is 6.07 Å². The van der Waals surface area contributed by atoms with Crippen LogP contribution in [0, 0.1) is 6.92 Å². The van der Waals surface area contributed by atoms with E-state index in [1.165, 1.54) is 0 Å². The molecule has 5 heteroatoms. The monoisotopic (exact) mass is 307 g/mol. The molecule has 3 heterocycles. The summed E-state index contributed by atoms with van der Waals surface area (Å²) >= 11 is 5.09. The Morgan fingerprint density at radius 1 is 1.29 bits per heavy atom. The summed E-state index contributed by atoms with van der Waals surface area (Å²) in [4.78, 5) is 5.67. The number of imidazole rings is 1. The molecular weight excluding hydrogens is 298 g/mol. The van der Waals surface area contributed by atoms with Crippen LogP contribution in [-0.4, -0.2) is 9.38 Å². The molecule has 0 aliphatic rings. The standard InChI is InChI=1S/C12H10BrN3S/c1-7-3-2-4-10-15-11(12(14)16(7)10)8-5-6-9(13)17-8/h2-6H,14H2,1H3. The van der Waals surface area contributed by atoms with E-state index in [1.54, 1.807) is 11.3 Å². The van der Waals surface area contributed by atoms with E-state index < -0.39 is 0 Å². The highest BCUT2D eigenvalue weighted by molar-refractivity contribution is 9.11. The summed E-state index contributed by atoms with van der Waals surface area (Å²) in [7, 11) is 0. The number of hydrogen-bond acceptors (Lipinski definition) is 3. The predicted octanol–water partition coefficient (Wildman–Crippen LogP) is 3.72. The first-order valence-electron chi connectivity index (χ1n) is 5.16. The Bertz CT molecular complexity index is 699. The Labute approximate surface area is 111 Å². The molecule has 86 valence electrons. The number of thiophene rings is 1. The second-order valence-corrected chi connectivity index (χ2v) is 6.27. The maximum atomic E-state index is 6.17. The summed E-state index contributed by atoms with van der Waals surface area (Å²) in [6.45, 7) is 2.03. The summed E-state index contributed by atoms with van der Waals surface area (Å²) in [5, 5.41) is 0. The lowest BCUT2D eigenvalue weighted by atomic mass is 10.3. The van der Waals surface area contributed by atoms with Crippen LogP contribution in [0.3, 0.4) is 0 Å². The van der Waals surface area contributed by atoms with Crippen molar-refractivity contribution in [1.29, 1.82) is 0 Å². The van der Waals surface area contributed by atoms with Gasteiger partial charge < -0.3 is 5.73 Å². The Hall–Kier alpha value is -1.33. The van der Waals surface area contributed by atoms with Crippen LogP contribution >= 0.6 is 27.3 Å². The number of nitrogens with two attached hydrogens (primary N) is 1. The van der Waals surface area contributed by atoms with Gasteiger partial charge in [-0.2, -0.15) is 0 Å². The maximum absolute atomic E-state index is 6.17. The molecule has 3 rings (SSSR count). The first kappa shape index (κ1) is 10.8. The average molecular weight is 308 g/mol. The minimum absolute atomic E-state index is 0.701. The van der Waals surface area contributed by atoms with E-state index in [0.29, 0.717) is 5.82 Å². The number of halogens is 1. The van der Waals surface area contributed by atoms with Crippen molar-refractivity contribution in [2.24, 2.45) is 0 Å². The van der Waals surface area contributed by atoms with Crippen LogP contribution in [0.1, 0.15) is 5.69 Å². The van der Waals surface area contributed by atoms with Crippen LogP contribution in [0.15, 0.2) is 34.1 Å². The van der Waals surface area contributed by atoms with E-state index in [9.17, 15) is 0 Å². The van der Waals surface area contributed by atoms with E-state index in [-0.39, 0.29) is 0 Å². The van der Waals surface area contributed by atoms with Crippen LogP contribution < -0.4 is 5.73 Å².